The highest BCUT2D eigenvalue weighted by atomic mass is 32.1. The molecule has 8 nitrogen and oxygen atoms in total. The Hall–Kier alpha value is -4.24. The molecule has 0 fully saturated rings. The van der Waals surface area contributed by atoms with Crippen molar-refractivity contribution < 1.29 is 19.1 Å². The molecule has 0 aliphatic rings. The van der Waals surface area contributed by atoms with Gasteiger partial charge in [-0.15, -0.1) is 0 Å². The summed E-state index contributed by atoms with van der Waals surface area (Å²) in [5, 5.41) is 5.12. The highest BCUT2D eigenvalue weighted by molar-refractivity contribution is 7.80. The standard InChI is InChI=1S/C24H22N4O4S/c1-16-7-5-6-10-20(16)23(31)25-18-13-11-17(12-14-18)22(30)27-28-24(33)26-21(29)15-32-19-8-3-2-4-9-19/h2-14H,15H2,1H3,(H,25,31)(H,27,30)(H2,26,28,29,33). The maximum Gasteiger partial charge on any atom is 0.269 e. The number of hydrogen-bond acceptors (Lipinski definition) is 5. The van der Waals surface area contributed by atoms with Crippen molar-refractivity contribution in [2.24, 2.45) is 0 Å². The molecule has 9 heteroatoms. The predicted octanol–water partition coefficient (Wildman–Crippen LogP) is 2.96. The number of para-hydroxylation sites is 1. The zero-order chi connectivity index (χ0) is 23.6. The fraction of sp³-hybridized carbons (Fsp3) is 0.0833. The summed E-state index contributed by atoms with van der Waals surface area (Å²) in [4.78, 5) is 36.6. The average molecular weight is 463 g/mol. The molecule has 0 saturated heterocycles. The van der Waals surface area contributed by atoms with Crippen molar-refractivity contribution in [2.75, 3.05) is 11.9 Å². The van der Waals surface area contributed by atoms with Crippen LogP contribution in [0.3, 0.4) is 0 Å². The van der Waals surface area contributed by atoms with Gasteiger partial charge in [0.2, 0.25) is 0 Å². The van der Waals surface area contributed by atoms with Crippen LogP contribution in [0.2, 0.25) is 0 Å². The molecule has 3 amide bonds. The summed E-state index contributed by atoms with van der Waals surface area (Å²) in [7, 11) is 0. The van der Waals surface area contributed by atoms with Crippen molar-refractivity contribution in [3.8, 4) is 5.75 Å². The first-order valence-corrected chi connectivity index (χ1v) is 10.4. The molecular weight excluding hydrogens is 440 g/mol. The molecule has 0 radical (unpaired) electrons. The van der Waals surface area contributed by atoms with Crippen molar-refractivity contribution in [1.82, 2.24) is 16.2 Å². The van der Waals surface area contributed by atoms with E-state index in [0.29, 0.717) is 22.6 Å². The van der Waals surface area contributed by atoms with Gasteiger partial charge in [0.1, 0.15) is 5.75 Å². The van der Waals surface area contributed by atoms with Gasteiger partial charge >= 0.3 is 0 Å². The molecule has 3 rings (SSSR count). The quantitative estimate of drug-likeness (QED) is 0.331. The number of benzene rings is 3. The molecule has 0 aliphatic heterocycles. The molecule has 3 aromatic carbocycles. The third kappa shape index (κ3) is 7.15. The number of thiocarbonyl (C=S) groups is 1. The fourth-order valence-electron chi connectivity index (χ4n) is 2.78. The minimum atomic E-state index is -0.473. The van der Waals surface area contributed by atoms with E-state index < -0.39 is 11.8 Å². The molecular formula is C24H22N4O4S. The first kappa shape index (κ1) is 23.4. The van der Waals surface area contributed by atoms with Gasteiger partial charge in [0, 0.05) is 16.8 Å². The topological polar surface area (TPSA) is 109 Å². The third-order valence-electron chi connectivity index (χ3n) is 4.45. The lowest BCUT2D eigenvalue weighted by molar-refractivity contribution is -0.121. The van der Waals surface area contributed by atoms with Gasteiger partial charge in [-0.2, -0.15) is 0 Å². The van der Waals surface area contributed by atoms with Gasteiger partial charge in [-0.3, -0.25) is 30.6 Å². The van der Waals surface area contributed by atoms with Crippen LogP contribution in [0.5, 0.6) is 5.75 Å². The minimum Gasteiger partial charge on any atom is -0.484 e. The van der Waals surface area contributed by atoms with E-state index in [1.165, 1.54) is 0 Å². The SMILES string of the molecule is Cc1ccccc1C(=O)Nc1ccc(C(=O)NNC(=S)NC(=O)COc2ccccc2)cc1. The normalized spacial score (nSPS) is 9.97. The van der Waals surface area contributed by atoms with Crippen molar-refractivity contribution in [3.63, 3.8) is 0 Å². The Kier molecular flexibility index (Phi) is 8.09. The maximum atomic E-state index is 12.4. The largest absolute Gasteiger partial charge is 0.484 e. The molecule has 3 aromatic rings. The number of hydrazine groups is 1. The molecule has 168 valence electrons. The first-order valence-electron chi connectivity index (χ1n) is 9.97. The molecule has 0 unspecified atom stereocenters. The van der Waals surface area contributed by atoms with Crippen LogP contribution in [0, 0.1) is 6.92 Å². The number of carbonyl (C=O) groups excluding carboxylic acids is 3. The van der Waals surface area contributed by atoms with Gasteiger partial charge in [-0.25, -0.2) is 0 Å². The zero-order valence-electron chi connectivity index (χ0n) is 17.8. The monoisotopic (exact) mass is 462 g/mol. The second-order valence-corrected chi connectivity index (χ2v) is 7.31. The zero-order valence-corrected chi connectivity index (χ0v) is 18.6. The van der Waals surface area contributed by atoms with Crippen LogP contribution in [-0.4, -0.2) is 29.4 Å². The molecule has 0 heterocycles. The summed E-state index contributed by atoms with van der Waals surface area (Å²) in [5.74, 6) is -0.620. The van der Waals surface area contributed by atoms with E-state index in [1.54, 1.807) is 60.7 Å². The number of nitrogens with one attached hydrogen (secondary N) is 4. The van der Waals surface area contributed by atoms with E-state index in [0.717, 1.165) is 5.56 Å². The Morgan fingerprint density at radius 1 is 0.818 bits per heavy atom. The fourth-order valence-corrected chi connectivity index (χ4v) is 2.94. The summed E-state index contributed by atoms with van der Waals surface area (Å²) >= 11 is 4.99. The lowest BCUT2D eigenvalue weighted by Gasteiger charge is -2.12. The van der Waals surface area contributed by atoms with Crippen LogP contribution in [0.25, 0.3) is 0 Å². The van der Waals surface area contributed by atoms with E-state index in [1.807, 2.05) is 25.1 Å². The van der Waals surface area contributed by atoms with Gasteiger partial charge in [0.05, 0.1) is 0 Å². The number of hydrogen-bond donors (Lipinski definition) is 4. The van der Waals surface area contributed by atoms with Crippen LogP contribution in [-0.2, 0) is 4.79 Å². The van der Waals surface area contributed by atoms with Gasteiger partial charge in [-0.1, -0.05) is 36.4 Å². The van der Waals surface area contributed by atoms with Crippen molar-refractivity contribution in [3.05, 3.63) is 95.6 Å². The molecule has 0 saturated carbocycles. The van der Waals surface area contributed by atoms with Crippen molar-refractivity contribution >= 4 is 40.7 Å². The minimum absolute atomic E-state index is 0.0767. The van der Waals surface area contributed by atoms with Crippen LogP contribution in [0.15, 0.2) is 78.9 Å². The van der Waals surface area contributed by atoms with Gasteiger partial charge in [-0.05, 0) is 67.2 Å². The summed E-state index contributed by atoms with van der Waals surface area (Å²) in [6, 6.07) is 22.5. The van der Waals surface area contributed by atoms with E-state index in [9.17, 15) is 14.4 Å². The lowest BCUT2D eigenvalue weighted by atomic mass is 10.1. The Bertz CT molecular complexity index is 1150. The second-order valence-electron chi connectivity index (χ2n) is 6.90. The summed E-state index contributed by atoms with van der Waals surface area (Å²) in [5.41, 5.74) is 7.18. The van der Waals surface area contributed by atoms with Gasteiger partial charge < -0.3 is 10.1 Å². The number of carbonyl (C=O) groups is 3. The number of amides is 3. The average Bonchev–Trinajstić information content (AvgIpc) is 2.82. The van der Waals surface area contributed by atoms with Gasteiger partial charge in [0.15, 0.2) is 11.7 Å². The maximum absolute atomic E-state index is 12.4. The molecule has 33 heavy (non-hydrogen) atoms. The molecule has 0 aliphatic carbocycles. The Morgan fingerprint density at radius 2 is 1.48 bits per heavy atom. The van der Waals surface area contributed by atoms with Crippen molar-refractivity contribution in [2.45, 2.75) is 6.92 Å². The molecule has 4 N–H and O–H groups in total. The van der Waals surface area contributed by atoms with Crippen LogP contribution in [0.1, 0.15) is 26.3 Å². The second kappa shape index (κ2) is 11.4. The van der Waals surface area contributed by atoms with E-state index in [2.05, 4.69) is 21.5 Å². The van der Waals surface area contributed by atoms with Crippen LogP contribution < -0.4 is 26.2 Å². The number of ether oxygens (including phenoxy) is 1. The molecule has 0 spiro atoms. The molecule has 0 aromatic heterocycles. The third-order valence-corrected chi connectivity index (χ3v) is 4.65. The summed E-state index contributed by atoms with van der Waals surface area (Å²) in [6.45, 7) is 1.63. The first-order chi connectivity index (χ1) is 15.9. The Morgan fingerprint density at radius 3 is 2.18 bits per heavy atom. The van der Waals surface area contributed by atoms with Gasteiger partial charge in [0.25, 0.3) is 17.7 Å². The molecule has 0 atom stereocenters. The smallest absolute Gasteiger partial charge is 0.269 e. The number of rotatable bonds is 6. The van der Waals surface area contributed by atoms with Crippen molar-refractivity contribution in [1.29, 1.82) is 0 Å². The summed E-state index contributed by atoms with van der Waals surface area (Å²) < 4.78 is 5.32. The highest BCUT2D eigenvalue weighted by Crippen LogP contribution is 2.13. The van der Waals surface area contributed by atoms with E-state index >= 15 is 0 Å². The number of aryl methyl sites for hydroxylation is 1. The van der Waals surface area contributed by atoms with E-state index in [4.69, 9.17) is 17.0 Å². The lowest BCUT2D eigenvalue weighted by Crippen LogP contribution is -2.49. The van der Waals surface area contributed by atoms with Crippen LogP contribution in [0.4, 0.5) is 5.69 Å². The highest BCUT2D eigenvalue weighted by Gasteiger charge is 2.11. The van der Waals surface area contributed by atoms with Crippen LogP contribution >= 0.6 is 12.2 Å². The van der Waals surface area contributed by atoms with E-state index in [-0.39, 0.29) is 17.6 Å². The number of anilines is 1. The molecule has 0 bridgehead atoms. The Balaban J connectivity index is 1.43. The predicted molar refractivity (Wildman–Crippen MR) is 129 cm³/mol. The summed E-state index contributed by atoms with van der Waals surface area (Å²) in [6.07, 6.45) is 0. The Labute approximate surface area is 196 Å².